The van der Waals surface area contributed by atoms with Crippen molar-refractivity contribution in [3.63, 3.8) is 0 Å². The number of hydrogen-bond donors (Lipinski definition) is 0. The Labute approximate surface area is 115 Å². The van der Waals surface area contributed by atoms with Gasteiger partial charge in [-0.05, 0) is 34.1 Å². The molecule has 1 aromatic heterocycles. The fourth-order valence-corrected chi connectivity index (χ4v) is 3.65. The number of anilines is 1. The predicted molar refractivity (Wildman–Crippen MR) is 69.6 cm³/mol. The molecule has 0 fully saturated rings. The van der Waals surface area contributed by atoms with Gasteiger partial charge in [0.25, 0.3) is 10.0 Å². The van der Waals surface area contributed by atoms with Gasteiger partial charge in [0.1, 0.15) is 11.3 Å². The van der Waals surface area contributed by atoms with Gasteiger partial charge in [0, 0.05) is 7.05 Å². The van der Waals surface area contributed by atoms with Crippen molar-refractivity contribution in [3.8, 4) is 0 Å². The fourth-order valence-electron chi connectivity index (χ4n) is 1.20. The topological polar surface area (TPSA) is 63.2 Å². The Hall–Kier alpha value is -1.06. The maximum Gasteiger partial charge on any atom is 0.265 e. The zero-order valence-corrected chi connectivity index (χ0v) is 12.3. The first-order valence-corrected chi connectivity index (χ1v) is 7.74. The fraction of sp³-hybridized carbons (Fsp3) is 0.111. The van der Waals surface area contributed by atoms with Gasteiger partial charge in [0.15, 0.2) is 0 Å². The second-order valence-electron chi connectivity index (χ2n) is 3.27. The Morgan fingerprint density at radius 2 is 2.17 bits per heavy atom. The molecule has 0 aliphatic carbocycles. The monoisotopic (exact) mass is 351 g/mol. The maximum absolute atomic E-state index is 13.1. The van der Waals surface area contributed by atoms with Crippen LogP contribution in [0.3, 0.4) is 0 Å². The molecule has 0 spiro atoms. The summed E-state index contributed by atoms with van der Waals surface area (Å²) in [6.07, 6.45) is 0. The molecule has 2 rings (SSSR count). The van der Waals surface area contributed by atoms with Crippen LogP contribution in [-0.2, 0) is 10.0 Å². The number of nitrogens with zero attached hydrogens (tertiary/aromatic N) is 3. The highest BCUT2D eigenvalue weighted by Gasteiger charge is 2.24. The predicted octanol–water partition coefficient (Wildman–Crippen LogP) is 2.26. The lowest BCUT2D eigenvalue weighted by Gasteiger charge is -2.15. The van der Waals surface area contributed by atoms with Crippen molar-refractivity contribution in [3.05, 3.63) is 34.0 Å². The normalized spacial score (nSPS) is 11.5. The van der Waals surface area contributed by atoms with Crippen molar-refractivity contribution >= 4 is 42.4 Å². The highest BCUT2D eigenvalue weighted by atomic mass is 79.9. The van der Waals surface area contributed by atoms with E-state index >= 15 is 0 Å². The average molecular weight is 352 g/mol. The molecule has 5 nitrogen and oxygen atoms in total. The van der Waals surface area contributed by atoms with Crippen molar-refractivity contribution in [2.75, 3.05) is 11.4 Å². The minimum atomic E-state index is -3.76. The average Bonchev–Trinajstić information content (AvgIpc) is 2.85. The number of benzene rings is 1. The van der Waals surface area contributed by atoms with Crippen LogP contribution in [0, 0.1) is 5.82 Å². The van der Waals surface area contributed by atoms with Crippen LogP contribution in [0.5, 0.6) is 0 Å². The molecule has 1 aromatic carbocycles. The molecule has 96 valence electrons. The van der Waals surface area contributed by atoms with Gasteiger partial charge in [0.05, 0.1) is 9.37 Å². The van der Waals surface area contributed by atoms with Gasteiger partial charge in [-0.15, -0.1) is 10.2 Å². The van der Waals surface area contributed by atoms with E-state index in [1.165, 1.54) is 24.7 Å². The third kappa shape index (κ3) is 2.38. The first-order chi connectivity index (χ1) is 8.43. The van der Waals surface area contributed by atoms with Crippen LogP contribution in [0.1, 0.15) is 0 Å². The highest BCUT2D eigenvalue weighted by molar-refractivity contribution is 9.10. The van der Waals surface area contributed by atoms with Gasteiger partial charge in [-0.25, -0.2) is 17.1 Å². The van der Waals surface area contributed by atoms with Crippen molar-refractivity contribution in [2.45, 2.75) is 4.90 Å². The van der Waals surface area contributed by atoms with E-state index in [9.17, 15) is 12.8 Å². The van der Waals surface area contributed by atoms with Crippen LogP contribution in [0.2, 0.25) is 0 Å². The minimum absolute atomic E-state index is 0.0199. The van der Waals surface area contributed by atoms with Gasteiger partial charge in [-0.1, -0.05) is 11.3 Å². The van der Waals surface area contributed by atoms with Crippen molar-refractivity contribution in [1.29, 1.82) is 0 Å². The largest absolute Gasteiger partial charge is 0.265 e. The summed E-state index contributed by atoms with van der Waals surface area (Å²) in [6, 6.07) is 3.50. The first kappa shape index (κ1) is 13.4. The van der Waals surface area contributed by atoms with E-state index in [0.717, 1.165) is 21.7 Å². The molecular formula is C9H7BrFN3O2S2. The number of sulfonamides is 1. The lowest BCUT2D eigenvalue weighted by molar-refractivity contribution is 0.592. The molecule has 0 radical (unpaired) electrons. The zero-order chi connectivity index (χ0) is 13.3. The van der Waals surface area contributed by atoms with Crippen LogP contribution in [0.25, 0.3) is 0 Å². The van der Waals surface area contributed by atoms with Gasteiger partial charge >= 0.3 is 0 Å². The third-order valence-corrected chi connectivity index (χ3v) is 5.40. The molecule has 0 aliphatic heterocycles. The number of hydrogen-bond acceptors (Lipinski definition) is 5. The summed E-state index contributed by atoms with van der Waals surface area (Å²) in [5.74, 6) is -0.521. The molecule has 0 atom stereocenters. The van der Waals surface area contributed by atoms with E-state index in [0.29, 0.717) is 0 Å². The quantitative estimate of drug-likeness (QED) is 0.850. The summed E-state index contributed by atoms with van der Waals surface area (Å²) in [5, 5.41) is 7.50. The van der Waals surface area contributed by atoms with E-state index in [-0.39, 0.29) is 14.5 Å². The molecule has 0 saturated heterocycles. The summed E-state index contributed by atoms with van der Waals surface area (Å²) in [6.45, 7) is 0. The molecule has 0 bridgehead atoms. The molecular weight excluding hydrogens is 345 g/mol. The highest BCUT2D eigenvalue weighted by Crippen LogP contribution is 2.25. The Balaban J connectivity index is 2.45. The molecule has 0 unspecified atom stereocenters. The molecule has 18 heavy (non-hydrogen) atoms. The summed E-state index contributed by atoms with van der Waals surface area (Å²) in [7, 11) is -2.39. The Morgan fingerprint density at radius 1 is 1.44 bits per heavy atom. The lowest BCUT2D eigenvalue weighted by atomic mass is 10.3. The second-order valence-corrected chi connectivity index (χ2v) is 6.91. The van der Waals surface area contributed by atoms with Gasteiger partial charge in [-0.3, -0.25) is 0 Å². The molecule has 0 saturated carbocycles. The molecule has 9 heteroatoms. The van der Waals surface area contributed by atoms with Crippen LogP contribution in [-0.4, -0.2) is 25.7 Å². The van der Waals surface area contributed by atoms with Gasteiger partial charge < -0.3 is 0 Å². The summed E-state index contributed by atoms with van der Waals surface area (Å²) < 4.78 is 38.6. The van der Waals surface area contributed by atoms with E-state index in [1.54, 1.807) is 0 Å². The molecule has 0 aliphatic rings. The van der Waals surface area contributed by atoms with Crippen molar-refractivity contribution in [2.24, 2.45) is 0 Å². The standard InChI is InChI=1S/C9H7BrFN3O2S2/c1-14(9-13-12-5-17-9)18(15,16)6-2-3-8(11)7(10)4-6/h2-5H,1H3. The van der Waals surface area contributed by atoms with Crippen LogP contribution >= 0.6 is 27.3 Å². The van der Waals surface area contributed by atoms with E-state index < -0.39 is 15.8 Å². The van der Waals surface area contributed by atoms with E-state index in [1.807, 2.05) is 0 Å². The van der Waals surface area contributed by atoms with Crippen LogP contribution in [0.15, 0.2) is 33.1 Å². The molecule has 0 amide bonds. The second kappa shape index (κ2) is 4.90. The molecule has 2 aromatic rings. The number of rotatable bonds is 3. The maximum atomic E-state index is 13.1. The van der Waals surface area contributed by atoms with Crippen molar-refractivity contribution in [1.82, 2.24) is 10.2 Å². The Bertz CT molecular complexity index is 660. The number of aromatic nitrogens is 2. The Morgan fingerprint density at radius 3 is 2.72 bits per heavy atom. The van der Waals surface area contributed by atoms with Crippen LogP contribution < -0.4 is 4.31 Å². The summed E-state index contributed by atoms with van der Waals surface area (Å²) in [4.78, 5) is -0.0199. The zero-order valence-electron chi connectivity index (χ0n) is 9.04. The van der Waals surface area contributed by atoms with E-state index in [2.05, 4.69) is 26.1 Å². The summed E-state index contributed by atoms with van der Waals surface area (Å²) in [5.41, 5.74) is 1.43. The van der Waals surface area contributed by atoms with Gasteiger partial charge in [-0.2, -0.15) is 0 Å². The summed E-state index contributed by atoms with van der Waals surface area (Å²) >= 11 is 4.05. The number of halogens is 2. The minimum Gasteiger partial charge on any atom is -0.243 e. The molecule has 0 N–H and O–H groups in total. The van der Waals surface area contributed by atoms with Gasteiger partial charge in [0.2, 0.25) is 5.13 Å². The smallest absolute Gasteiger partial charge is 0.243 e. The third-order valence-electron chi connectivity index (χ3n) is 2.17. The SMILES string of the molecule is CN(c1nncs1)S(=O)(=O)c1ccc(F)c(Br)c1. The first-order valence-electron chi connectivity index (χ1n) is 4.63. The lowest BCUT2D eigenvalue weighted by Crippen LogP contribution is -2.26. The van der Waals surface area contributed by atoms with Crippen LogP contribution in [0.4, 0.5) is 9.52 Å². The Kier molecular flexibility index (Phi) is 3.64. The molecule has 1 heterocycles. The van der Waals surface area contributed by atoms with Crippen molar-refractivity contribution < 1.29 is 12.8 Å². The van der Waals surface area contributed by atoms with E-state index in [4.69, 9.17) is 0 Å².